The van der Waals surface area contributed by atoms with Gasteiger partial charge in [-0.15, -0.1) is 0 Å². The third-order valence-corrected chi connectivity index (χ3v) is 7.98. The second-order valence-corrected chi connectivity index (χ2v) is 9.67. The lowest BCUT2D eigenvalue weighted by Crippen LogP contribution is -2.72. The van der Waals surface area contributed by atoms with E-state index in [1.54, 1.807) is 30.0 Å². The van der Waals surface area contributed by atoms with Crippen molar-refractivity contribution >= 4 is 22.5 Å². The Bertz CT molecular complexity index is 1440. The van der Waals surface area contributed by atoms with E-state index in [0.717, 1.165) is 0 Å². The van der Waals surface area contributed by atoms with E-state index in [9.17, 15) is 19.8 Å². The molecule has 5 aliphatic heterocycles. The monoisotopic (exact) mass is 445 g/mol. The van der Waals surface area contributed by atoms with Crippen molar-refractivity contribution in [3.8, 4) is 0 Å². The van der Waals surface area contributed by atoms with Gasteiger partial charge in [0.1, 0.15) is 29.5 Å². The molecule has 9 nitrogen and oxygen atoms in total. The van der Waals surface area contributed by atoms with E-state index < -0.39 is 35.7 Å². The molecule has 8 rings (SSSR count). The number of carbonyl (C=O) groups is 1. The van der Waals surface area contributed by atoms with Crippen molar-refractivity contribution in [2.24, 2.45) is 0 Å². The number of aliphatic hydroxyl groups is 2. The molecule has 6 heterocycles. The van der Waals surface area contributed by atoms with E-state index in [1.807, 2.05) is 42.2 Å². The zero-order valence-corrected chi connectivity index (χ0v) is 18.1. The number of aromatic nitrogens is 2. The molecule has 0 aliphatic carbocycles. The maximum absolute atomic E-state index is 13.7. The van der Waals surface area contributed by atoms with Crippen LogP contribution in [0.25, 0.3) is 10.9 Å². The van der Waals surface area contributed by atoms with Crippen LogP contribution < -0.4 is 15.8 Å². The van der Waals surface area contributed by atoms with Gasteiger partial charge < -0.3 is 10.2 Å². The van der Waals surface area contributed by atoms with Crippen LogP contribution in [0.15, 0.2) is 53.3 Å². The molecule has 0 radical (unpaired) electrons. The van der Waals surface area contributed by atoms with Gasteiger partial charge in [-0.2, -0.15) is 0 Å². The van der Waals surface area contributed by atoms with Gasteiger partial charge in [0.2, 0.25) is 5.91 Å². The molecule has 2 aromatic carbocycles. The molecule has 33 heavy (non-hydrogen) atoms. The smallest absolute Gasteiger partial charge is 0.261 e. The highest BCUT2D eigenvalue weighted by Crippen LogP contribution is 2.57. The topological polar surface area (TPSA) is 111 Å². The lowest BCUT2D eigenvalue weighted by atomic mass is 9.81. The number of hydrogen-bond donors (Lipinski definition) is 3. The molecule has 5 aliphatic rings. The number of hydrogen-bond acceptors (Lipinski definition) is 7. The lowest BCUT2D eigenvalue weighted by molar-refractivity contribution is -0.162. The van der Waals surface area contributed by atoms with Crippen LogP contribution >= 0.6 is 0 Å². The van der Waals surface area contributed by atoms with Crippen LogP contribution in [0.2, 0.25) is 0 Å². The average Bonchev–Trinajstić information content (AvgIpc) is 3.21. The number of nitrogens with zero attached hydrogens (tertiary/aromatic N) is 4. The van der Waals surface area contributed by atoms with E-state index in [4.69, 9.17) is 4.98 Å². The summed E-state index contributed by atoms with van der Waals surface area (Å²) in [4.78, 5) is 35.7. The van der Waals surface area contributed by atoms with Crippen LogP contribution in [-0.4, -0.2) is 49.0 Å². The Labute approximate surface area is 188 Å². The van der Waals surface area contributed by atoms with Gasteiger partial charge in [0, 0.05) is 12.0 Å². The van der Waals surface area contributed by atoms with Crippen molar-refractivity contribution in [1.29, 1.82) is 0 Å². The normalized spacial score (nSPS) is 36.5. The third kappa shape index (κ3) is 2.05. The minimum atomic E-state index is -1.48. The van der Waals surface area contributed by atoms with Crippen LogP contribution in [0.5, 0.6) is 0 Å². The van der Waals surface area contributed by atoms with E-state index in [2.05, 4.69) is 5.32 Å². The number of nitrogens with one attached hydrogen (secondary N) is 1. The van der Waals surface area contributed by atoms with Crippen molar-refractivity contribution < 1.29 is 15.0 Å². The molecule has 3 N–H and O–H groups in total. The highest BCUT2D eigenvalue weighted by Gasteiger charge is 2.68. The van der Waals surface area contributed by atoms with Gasteiger partial charge in [0.25, 0.3) is 5.56 Å². The molecule has 9 heteroatoms. The predicted octanol–water partition coefficient (Wildman–Crippen LogP) is 0.700. The molecular weight excluding hydrogens is 422 g/mol. The number of aliphatic hydroxyl groups excluding tert-OH is 1. The highest BCUT2D eigenvalue weighted by molar-refractivity contribution is 6.02. The summed E-state index contributed by atoms with van der Waals surface area (Å²) in [6.45, 7) is 3.61. The molecule has 2 fully saturated rings. The van der Waals surface area contributed by atoms with Crippen LogP contribution in [0.3, 0.4) is 0 Å². The molecule has 0 unspecified atom stereocenters. The molecule has 0 spiro atoms. The Hall–Kier alpha value is -3.11. The first-order valence-corrected chi connectivity index (χ1v) is 11.2. The van der Waals surface area contributed by atoms with E-state index in [1.165, 1.54) is 4.57 Å². The number of para-hydroxylation sites is 2. The number of anilines is 1. The van der Waals surface area contributed by atoms with Crippen molar-refractivity contribution in [2.75, 3.05) is 4.90 Å². The molecule has 2 saturated heterocycles. The molecule has 1 amide bonds. The third-order valence-electron chi connectivity index (χ3n) is 7.98. The quantitative estimate of drug-likeness (QED) is 0.467. The van der Waals surface area contributed by atoms with Crippen LogP contribution in [-0.2, 0) is 16.1 Å². The van der Waals surface area contributed by atoms with Crippen molar-refractivity contribution in [3.63, 3.8) is 0 Å². The first-order valence-electron chi connectivity index (χ1n) is 11.2. The summed E-state index contributed by atoms with van der Waals surface area (Å²) in [5.74, 6) is 0.293. The van der Waals surface area contributed by atoms with E-state index >= 15 is 0 Å². The van der Waals surface area contributed by atoms with E-state index in [0.29, 0.717) is 28.0 Å². The Kier molecular flexibility index (Phi) is 3.44. The summed E-state index contributed by atoms with van der Waals surface area (Å²) in [5.41, 5.74) is -1.09. The van der Waals surface area contributed by atoms with Gasteiger partial charge in [-0.05, 0) is 32.0 Å². The number of amides is 1. The van der Waals surface area contributed by atoms with Gasteiger partial charge in [-0.25, -0.2) is 9.88 Å². The molecule has 3 aromatic rings. The summed E-state index contributed by atoms with van der Waals surface area (Å²) in [6.07, 6.45) is -1.78. The zero-order valence-electron chi connectivity index (χ0n) is 18.1. The van der Waals surface area contributed by atoms with E-state index in [-0.39, 0.29) is 17.9 Å². The SMILES string of the molecule is C[C@H]1C(=O)N2c3ccccc3[C@@]3(O)C[C@@H]4[C@H](O)N[C@@](C)(c5nc6ccccc6c(=O)n54)N1[C@@H]23. The molecule has 2 bridgehead atoms. The Balaban J connectivity index is 1.60. The second kappa shape index (κ2) is 5.87. The first-order chi connectivity index (χ1) is 15.8. The molecule has 0 saturated carbocycles. The Morgan fingerprint density at radius 1 is 1.12 bits per heavy atom. The molecule has 1 aromatic heterocycles. The number of rotatable bonds is 0. The van der Waals surface area contributed by atoms with Crippen LogP contribution in [0.1, 0.15) is 37.7 Å². The summed E-state index contributed by atoms with van der Waals surface area (Å²) < 4.78 is 1.53. The Morgan fingerprint density at radius 2 is 1.85 bits per heavy atom. The van der Waals surface area contributed by atoms with Gasteiger partial charge in [0.05, 0.1) is 28.7 Å². The maximum atomic E-state index is 13.7. The largest absolute Gasteiger partial charge is 0.381 e. The minimum Gasteiger partial charge on any atom is -0.381 e. The number of carbonyl (C=O) groups excluding carboxylic acids is 1. The van der Waals surface area contributed by atoms with Gasteiger partial charge in [-0.3, -0.25) is 24.4 Å². The summed E-state index contributed by atoms with van der Waals surface area (Å²) in [5, 5.41) is 27.2. The Morgan fingerprint density at radius 3 is 2.67 bits per heavy atom. The predicted molar refractivity (Wildman–Crippen MR) is 119 cm³/mol. The zero-order chi connectivity index (χ0) is 22.9. The fourth-order valence-corrected chi connectivity index (χ4v) is 6.61. The van der Waals surface area contributed by atoms with Gasteiger partial charge in [-0.1, -0.05) is 30.3 Å². The molecule has 6 atom stereocenters. The average molecular weight is 445 g/mol. The van der Waals surface area contributed by atoms with Gasteiger partial charge >= 0.3 is 0 Å². The van der Waals surface area contributed by atoms with Crippen LogP contribution in [0, 0.1) is 0 Å². The maximum Gasteiger partial charge on any atom is 0.261 e. The lowest BCUT2D eigenvalue weighted by Gasteiger charge is -2.55. The van der Waals surface area contributed by atoms with Crippen LogP contribution in [0.4, 0.5) is 5.69 Å². The first kappa shape index (κ1) is 19.4. The highest BCUT2D eigenvalue weighted by atomic mass is 16.3. The number of benzene rings is 2. The van der Waals surface area contributed by atoms with Gasteiger partial charge in [0.15, 0.2) is 0 Å². The minimum absolute atomic E-state index is 0.0405. The summed E-state index contributed by atoms with van der Waals surface area (Å²) in [6, 6.07) is 13.1. The second-order valence-electron chi connectivity index (χ2n) is 9.67. The fourth-order valence-electron chi connectivity index (χ4n) is 6.61. The fraction of sp³-hybridized carbons (Fsp3) is 0.375. The van der Waals surface area contributed by atoms with Crippen molar-refractivity contribution in [2.45, 2.75) is 56.0 Å². The summed E-state index contributed by atoms with van der Waals surface area (Å²) in [7, 11) is 0. The number of fused-ring (bicyclic) bond motifs is 4. The molecule has 168 valence electrons. The van der Waals surface area contributed by atoms with Crippen molar-refractivity contribution in [1.82, 2.24) is 19.8 Å². The van der Waals surface area contributed by atoms with Crippen molar-refractivity contribution in [3.05, 3.63) is 70.3 Å². The summed E-state index contributed by atoms with van der Waals surface area (Å²) >= 11 is 0. The standard InChI is InChI=1S/C24H23N5O4/c1-12-19(31)28-16-10-6-4-8-14(16)24(33)11-17-18(30)26-23(2,29(12)22(24)28)21-25-15-9-5-3-7-13(15)20(32)27(17)21/h3-10,12,17-18,22,26,30,33H,11H2,1-2H3/t12-,17+,18-,22+,23+,24-/m0/s1. The molecular formula is C24H23N5O4.